The molecule has 1 aliphatic carbocycles. The second-order valence-corrected chi connectivity index (χ2v) is 9.65. The molecule has 182 valence electrons. The van der Waals surface area contributed by atoms with E-state index in [2.05, 4.69) is 39.9 Å². The second-order valence-electron chi connectivity index (χ2n) is 8.71. The minimum atomic E-state index is -1.04. The number of aromatic nitrogens is 1. The molecule has 4 rings (SSSR count). The van der Waals surface area contributed by atoms with E-state index in [0.29, 0.717) is 11.4 Å². The molecular formula is C26H27N3O5S. The SMILES string of the molecule is CCC(C)(CNC(=O)c1csc(CNC(=O)OCC2c3ccccc3-c3ccccc32)n1)C(=O)O. The molecule has 3 aromatic rings. The van der Waals surface area contributed by atoms with Gasteiger partial charge >= 0.3 is 12.1 Å². The number of hydrogen-bond acceptors (Lipinski definition) is 6. The van der Waals surface area contributed by atoms with Gasteiger partial charge in [0.25, 0.3) is 5.91 Å². The Morgan fingerprint density at radius 3 is 2.29 bits per heavy atom. The van der Waals surface area contributed by atoms with Gasteiger partial charge in [-0.25, -0.2) is 9.78 Å². The third-order valence-electron chi connectivity index (χ3n) is 6.45. The molecule has 0 spiro atoms. The number of alkyl carbamates (subject to hydrolysis) is 1. The van der Waals surface area contributed by atoms with Gasteiger partial charge in [-0.1, -0.05) is 55.5 Å². The Balaban J connectivity index is 1.29. The van der Waals surface area contributed by atoms with Crippen molar-refractivity contribution in [3.63, 3.8) is 0 Å². The molecule has 2 amide bonds. The number of amides is 2. The first-order valence-electron chi connectivity index (χ1n) is 11.4. The number of nitrogens with one attached hydrogen (secondary N) is 2. The zero-order valence-corrected chi connectivity index (χ0v) is 20.4. The molecule has 0 radical (unpaired) electrons. The number of carbonyl (C=O) groups excluding carboxylic acids is 2. The van der Waals surface area contributed by atoms with Crippen molar-refractivity contribution in [3.05, 3.63) is 75.7 Å². The summed E-state index contributed by atoms with van der Waals surface area (Å²) in [6, 6.07) is 16.2. The predicted octanol–water partition coefficient (Wildman–Crippen LogP) is 4.41. The summed E-state index contributed by atoms with van der Waals surface area (Å²) in [4.78, 5) is 40.4. The van der Waals surface area contributed by atoms with Gasteiger partial charge in [-0.3, -0.25) is 9.59 Å². The lowest BCUT2D eigenvalue weighted by Crippen LogP contribution is -2.40. The molecule has 0 fully saturated rings. The first-order valence-corrected chi connectivity index (χ1v) is 12.2. The maximum Gasteiger partial charge on any atom is 0.407 e. The van der Waals surface area contributed by atoms with Crippen LogP contribution in [-0.2, 0) is 16.1 Å². The number of carboxylic acids is 1. The normalized spacial score (nSPS) is 13.9. The van der Waals surface area contributed by atoms with Crippen molar-refractivity contribution in [1.29, 1.82) is 0 Å². The fraction of sp³-hybridized carbons (Fsp3) is 0.308. The average Bonchev–Trinajstić information content (AvgIpc) is 3.47. The number of nitrogens with zero attached hydrogens (tertiary/aromatic N) is 1. The van der Waals surface area contributed by atoms with E-state index in [-0.39, 0.29) is 31.3 Å². The van der Waals surface area contributed by atoms with Crippen LogP contribution in [0.15, 0.2) is 53.9 Å². The van der Waals surface area contributed by atoms with Crippen molar-refractivity contribution in [2.75, 3.05) is 13.2 Å². The van der Waals surface area contributed by atoms with E-state index in [1.165, 1.54) is 11.3 Å². The molecule has 0 bridgehead atoms. The van der Waals surface area contributed by atoms with Crippen molar-refractivity contribution < 1.29 is 24.2 Å². The zero-order valence-electron chi connectivity index (χ0n) is 19.5. The standard InChI is InChI=1S/C26H27N3O5S/c1-3-26(2,24(31)32)15-28-23(30)21-14-35-22(29-21)12-27-25(33)34-13-20-18-10-6-4-8-16(18)17-9-5-7-11-19(17)20/h4-11,14,20H,3,12-13,15H2,1-2H3,(H,27,33)(H,28,30)(H,31,32). The summed E-state index contributed by atoms with van der Waals surface area (Å²) in [5, 5.41) is 16.8. The first kappa shape index (κ1) is 24.4. The van der Waals surface area contributed by atoms with E-state index in [1.807, 2.05) is 24.3 Å². The summed E-state index contributed by atoms with van der Waals surface area (Å²) < 4.78 is 5.52. The van der Waals surface area contributed by atoms with Gasteiger partial charge in [-0.15, -0.1) is 11.3 Å². The van der Waals surface area contributed by atoms with Gasteiger partial charge in [0.05, 0.1) is 12.0 Å². The van der Waals surface area contributed by atoms with Crippen LogP contribution >= 0.6 is 11.3 Å². The van der Waals surface area contributed by atoms with Crippen molar-refractivity contribution in [1.82, 2.24) is 15.6 Å². The fourth-order valence-corrected chi connectivity index (χ4v) is 4.73. The van der Waals surface area contributed by atoms with E-state index in [1.54, 1.807) is 19.2 Å². The summed E-state index contributed by atoms with van der Waals surface area (Å²) in [7, 11) is 0. The summed E-state index contributed by atoms with van der Waals surface area (Å²) in [6.07, 6.45) is -0.178. The number of benzene rings is 2. The number of carboxylic acid groups (broad SMARTS) is 1. The number of rotatable bonds is 9. The Morgan fingerprint density at radius 1 is 1.06 bits per heavy atom. The minimum absolute atomic E-state index is 0.00251. The molecule has 0 saturated heterocycles. The van der Waals surface area contributed by atoms with Gasteiger partial charge in [-0.05, 0) is 35.6 Å². The summed E-state index contributed by atoms with van der Waals surface area (Å²) in [6.45, 7) is 3.68. The van der Waals surface area contributed by atoms with Crippen LogP contribution in [0.4, 0.5) is 4.79 Å². The highest BCUT2D eigenvalue weighted by molar-refractivity contribution is 7.09. The minimum Gasteiger partial charge on any atom is -0.481 e. The van der Waals surface area contributed by atoms with Crippen LogP contribution in [0.3, 0.4) is 0 Å². The molecule has 9 heteroatoms. The lowest BCUT2D eigenvalue weighted by Gasteiger charge is -2.22. The first-order chi connectivity index (χ1) is 16.8. The quantitative estimate of drug-likeness (QED) is 0.406. The van der Waals surface area contributed by atoms with Gasteiger partial charge in [-0.2, -0.15) is 0 Å². The van der Waals surface area contributed by atoms with E-state index < -0.39 is 23.4 Å². The molecule has 1 aliphatic rings. The molecule has 3 N–H and O–H groups in total. The molecule has 0 saturated carbocycles. The van der Waals surface area contributed by atoms with Crippen molar-refractivity contribution >= 4 is 29.3 Å². The fourth-order valence-electron chi connectivity index (χ4n) is 4.01. The van der Waals surface area contributed by atoms with Crippen molar-refractivity contribution in [2.24, 2.45) is 5.41 Å². The zero-order chi connectivity index (χ0) is 25.0. The van der Waals surface area contributed by atoms with Crippen molar-refractivity contribution in [2.45, 2.75) is 32.7 Å². The summed E-state index contributed by atoms with van der Waals surface area (Å²) in [5.41, 5.74) is 3.74. The maximum atomic E-state index is 12.4. The Labute approximate surface area is 207 Å². The molecule has 1 aromatic heterocycles. The molecule has 1 heterocycles. The Kier molecular flexibility index (Phi) is 7.16. The maximum absolute atomic E-state index is 12.4. The lowest BCUT2D eigenvalue weighted by molar-refractivity contribution is -0.147. The van der Waals surface area contributed by atoms with Crippen LogP contribution in [0.5, 0.6) is 0 Å². The van der Waals surface area contributed by atoms with Gasteiger partial charge in [0.2, 0.25) is 0 Å². The largest absolute Gasteiger partial charge is 0.481 e. The number of fused-ring (bicyclic) bond motifs is 3. The third-order valence-corrected chi connectivity index (χ3v) is 7.30. The number of aliphatic carboxylic acids is 1. The molecule has 1 atom stereocenters. The van der Waals surface area contributed by atoms with Crippen LogP contribution in [0.25, 0.3) is 11.1 Å². The van der Waals surface area contributed by atoms with Crippen molar-refractivity contribution in [3.8, 4) is 11.1 Å². The van der Waals surface area contributed by atoms with Crippen LogP contribution in [0, 0.1) is 5.41 Å². The second kappa shape index (κ2) is 10.3. The van der Waals surface area contributed by atoms with E-state index in [9.17, 15) is 19.5 Å². The summed E-state index contributed by atoms with van der Waals surface area (Å²) in [5.74, 6) is -1.44. The van der Waals surface area contributed by atoms with Crippen LogP contribution in [0.1, 0.15) is 52.8 Å². The number of carbonyl (C=O) groups is 3. The molecule has 0 aliphatic heterocycles. The number of hydrogen-bond donors (Lipinski definition) is 3. The highest BCUT2D eigenvalue weighted by atomic mass is 32.1. The molecule has 8 nitrogen and oxygen atoms in total. The Morgan fingerprint density at radius 2 is 1.69 bits per heavy atom. The Hall–Kier alpha value is -3.72. The number of ether oxygens (including phenoxy) is 1. The highest BCUT2D eigenvalue weighted by Gasteiger charge is 2.32. The predicted molar refractivity (Wildman–Crippen MR) is 132 cm³/mol. The molecule has 35 heavy (non-hydrogen) atoms. The van der Waals surface area contributed by atoms with Crippen LogP contribution in [0.2, 0.25) is 0 Å². The topological polar surface area (TPSA) is 118 Å². The van der Waals surface area contributed by atoms with Gasteiger partial charge in [0.15, 0.2) is 0 Å². The lowest BCUT2D eigenvalue weighted by atomic mass is 9.88. The Bertz CT molecular complexity index is 1210. The number of thiazole rings is 1. The highest BCUT2D eigenvalue weighted by Crippen LogP contribution is 2.44. The smallest absolute Gasteiger partial charge is 0.407 e. The van der Waals surface area contributed by atoms with Gasteiger partial charge < -0.3 is 20.5 Å². The molecule has 1 unspecified atom stereocenters. The molecular weight excluding hydrogens is 466 g/mol. The van der Waals surface area contributed by atoms with Gasteiger partial charge in [0, 0.05) is 17.8 Å². The van der Waals surface area contributed by atoms with E-state index in [0.717, 1.165) is 22.3 Å². The monoisotopic (exact) mass is 493 g/mol. The summed E-state index contributed by atoms with van der Waals surface area (Å²) >= 11 is 1.23. The van der Waals surface area contributed by atoms with Gasteiger partial charge in [0.1, 0.15) is 17.3 Å². The van der Waals surface area contributed by atoms with E-state index in [4.69, 9.17) is 4.74 Å². The van der Waals surface area contributed by atoms with Crippen LogP contribution < -0.4 is 10.6 Å². The average molecular weight is 494 g/mol. The van der Waals surface area contributed by atoms with E-state index >= 15 is 0 Å². The third kappa shape index (κ3) is 5.19. The van der Waals surface area contributed by atoms with Crippen LogP contribution in [-0.4, -0.2) is 41.2 Å². The molecule has 2 aromatic carbocycles.